The van der Waals surface area contributed by atoms with Crippen LogP contribution in [0, 0.1) is 11.3 Å². The van der Waals surface area contributed by atoms with Crippen molar-refractivity contribution in [3.63, 3.8) is 0 Å². The highest BCUT2D eigenvalue weighted by Crippen LogP contribution is 2.22. The van der Waals surface area contributed by atoms with Gasteiger partial charge in [-0.1, -0.05) is 31.2 Å². The minimum Gasteiger partial charge on any atom is -0.326 e. The van der Waals surface area contributed by atoms with Gasteiger partial charge in [0.05, 0.1) is 24.2 Å². The number of hydrazone groups is 1. The maximum absolute atomic E-state index is 12.4. The summed E-state index contributed by atoms with van der Waals surface area (Å²) >= 11 is 3.30. The van der Waals surface area contributed by atoms with Crippen LogP contribution in [0.2, 0.25) is 0 Å². The fourth-order valence-corrected chi connectivity index (χ4v) is 3.33. The Morgan fingerprint density at radius 1 is 1.22 bits per heavy atom. The average molecular weight is 423 g/mol. The van der Waals surface area contributed by atoms with Crippen LogP contribution in [0.15, 0.2) is 65.3 Å². The number of nitriles is 1. The van der Waals surface area contributed by atoms with Crippen molar-refractivity contribution in [3.8, 4) is 6.07 Å². The smallest absolute Gasteiger partial charge is 0.228 e. The van der Waals surface area contributed by atoms with Gasteiger partial charge in [0, 0.05) is 5.69 Å². The van der Waals surface area contributed by atoms with Crippen molar-refractivity contribution in [1.29, 1.82) is 5.26 Å². The van der Waals surface area contributed by atoms with Crippen LogP contribution in [0.3, 0.4) is 0 Å². The molecule has 1 aliphatic rings. The number of hydrogen-bond acceptors (Lipinski definition) is 4. The normalized spacial score (nSPS) is 13.4. The number of allylic oxidation sites excluding steroid dienone is 1. The summed E-state index contributed by atoms with van der Waals surface area (Å²) in [5.41, 5.74) is 4.41. The molecule has 3 rings (SSSR count). The number of halogens is 1. The van der Waals surface area contributed by atoms with E-state index < -0.39 is 0 Å². The van der Waals surface area contributed by atoms with Gasteiger partial charge in [0.2, 0.25) is 5.91 Å². The van der Waals surface area contributed by atoms with Crippen LogP contribution in [-0.2, 0) is 17.6 Å². The van der Waals surface area contributed by atoms with Crippen molar-refractivity contribution in [3.05, 3.63) is 71.3 Å². The summed E-state index contributed by atoms with van der Waals surface area (Å²) in [6.45, 7) is 2.61. The summed E-state index contributed by atoms with van der Waals surface area (Å²) in [7, 11) is 0. The van der Waals surface area contributed by atoms with Crippen LogP contribution in [0.5, 0.6) is 0 Å². The first-order valence-electron chi connectivity index (χ1n) is 8.69. The van der Waals surface area contributed by atoms with Crippen LogP contribution in [0.25, 0.3) is 0 Å². The Bertz CT molecular complexity index is 941. The number of amides is 1. The third kappa shape index (κ3) is 4.63. The molecule has 0 unspecified atom stereocenters. The zero-order valence-electron chi connectivity index (χ0n) is 14.9. The summed E-state index contributed by atoms with van der Waals surface area (Å²) in [6, 6.07) is 17.6. The van der Waals surface area contributed by atoms with Crippen LogP contribution in [-0.4, -0.2) is 17.1 Å². The molecule has 1 aliphatic heterocycles. The quantitative estimate of drug-likeness (QED) is 0.775. The minimum atomic E-state index is -0.0380. The van der Waals surface area contributed by atoms with E-state index in [1.54, 1.807) is 5.01 Å². The zero-order valence-corrected chi connectivity index (χ0v) is 16.5. The molecule has 0 bridgehead atoms. The highest BCUT2D eigenvalue weighted by atomic mass is 79.9. The lowest BCUT2D eigenvalue weighted by Crippen LogP contribution is -2.22. The Hall–Kier alpha value is -2.91. The van der Waals surface area contributed by atoms with Gasteiger partial charge >= 0.3 is 0 Å². The number of rotatable bonds is 5. The van der Waals surface area contributed by atoms with Crippen LogP contribution in [0.1, 0.15) is 18.1 Å². The Balaban J connectivity index is 1.64. The first kappa shape index (κ1) is 18.9. The number of carbonyl (C=O) groups excluding carboxylic acids is 1. The highest BCUT2D eigenvalue weighted by molar-refractivity contribution is 9.18. The molecule has 5 nitrogen and oxygen atoms in total. The molecule has 0 spiro atoms. The molecule has 136 valence electrons. The van der Waals surface area contributed by atoms with Gasteiger partial charge in [-0.25, -0.2) is 0 Å². The maximum atomic E-state index is 12.4. The second kappa shape index (κ2) is 8.65. The van der Waals surface area contributed by atoms with Crippen LogP contribution in [0.4, 0.5) is 11.4 Å². The molecule has 6 heteroatoms. The number of anilines is 2. The van der Waals surface area contributed by atoms with Gasteiger partial charge in [-0.05, 0) is 63.8 Å². The molecule has 1 amide bonds. The van der Waals surface area contributed by atoms with E-state index in [0.29, 0.717) is 23.2 Å². The van der Waals surface area contributed by atoms with E-state index in [0.717, 1.165) is 23.4 Å². The fourth-order valence-electron chi connectivity index (χ4n) is 2.89. The van der Waals surface area contributed by atoms with E-state index in [2.05, 4.69) is 45.4 Å². The van der Waals surface area contributed by atoms with Gasteiger partial charge in [-0.3, -0.25) is 9.80 Å². The van der Waals surface area contributed by atoms with E-state index in [9.17, 15) is 4.79 Å². The summed E-state index contributed by atoms with van der Waals surface area (Å²) in [6.07, 6.45) is 3.08. The third-order valence-electron chi connectivity index (χ3n) is 4.32. The van der Waals surface area contributed by atoms with Gasteiger partial charge < -0.3 is 5.32 Å². The van der Waals surface area contributed by atoms with Gasteiger partial charge in [0.15, 0.2) is 0 Å². The Kier molecular flexibility index (Phi) is 6.05. The van der Waals surface area contributed by atoms with Gasteiger partial charge in [0.25, 0.3) is 0 Å². The number of aryl methyl sites for hydroxylation is 1. The summed E-state index contributed by atoms with van der Waals surface area (Å²) in [5.74, 6) is -0.0380. The van der Waals surface area contributed by atoms with E-state index in [-0.39, 0.29) is 5.91 Å². The molecule has 0 aromatic heterocycles. The van der Waals surface area contributed by atoms with Crippen molar-refractivity contribution < 1.29 is 4.79 Å². The lowest BCUT2D eigenvalue weighted by molar-refractivity contribution is -0.115. The Morgan fingerprint density at radius 2 is 1.93 bits per heavy atom. The second-order valence-electron chi connectivity index (χ2n) is 6.10. The minimum absolute atomic E-state index is 0.0380. The molecule has 0 saturated carbocycles. The van der Waals surface area contributed by atoms with E-state index in [1.807, 2.05) is 48.5 Å². The molecule has 2 aromatic carbocycles. The monoisotopic (exact) mass is 422 g/mol. The summed E-state index contributed by atoms with van der Waals surface area (Å²) in [4.78, 5) is 12.4. The maximum Gasteiger partial charge on any atom is 0.228 e. The Labute approximate surface area is 167 Å². The Morgan fingerprint density at radius 3 is 2.56 bits per heavy atom. The predicted molar refractivity (Wildman–Crippen MR) is 112 cm³/mol. The lowest BCUT2D eigenvalue weighted by Gasteiger charge is -2.21. The molecule has 0 atom stereocenters. The van der Waals surface area contributed by atoms with Gasteiger partial charge in [-0.15, -0.1) is 0 Å². The third-order valence-corrected chi connectivity index (χ3v) is 4.90. The summed E-state index contributed by atoms with van der Waals surface area (Å²) in [5, 5.41) is 18.1. The standard InChI is InChI=1S/C21H19BrN4O/c1-2-15-5-3-4-6-16(15)13-20(27)24-18-7-9-19(10-8-18)26-12-11-17(14-23)21(22)25-26/h3-11H,2,12-13H2,1H3,(H,24,27). The largest absolute Gasteiger partial charge is 0.326 e. The number of carbonyl (C=O) groups is 1. The number of nitrogens with zero attached hydrogens (tertiary/aromatic N) is 3. The molecule has 27 heavy (non-hydrogen) atoms. The molecule has 0 saturated heterocycles. The number of nitrogens with one attached hydrogen (secondary N) is 1. The molecule has 0 radical (unpaired) electrons. The molecule has 1 heterocycles. The van der Waals surface area contributed by atoms with Crippen molar-refractivity contribution in [2.75, 3.05) is 16.9 Å². The molecule has 0 fully saturated rings. The molecule has 0 aliphatic carbocycles. The highest BCUT2D eigenvalue weighted by Gasteiger charge is 2.14. The molecular formula is C21H19BrN4O. The van der Waals surface area contributed by atoms with Crippen molar-refractivity contribution in [1.82, 2.24) is 0 Å². The van der Waals surface area contributed by atoms with E-state index in [1.165, 1.54) is 5.56 Å². The number of benzene rings is 2. The molecule has 1 N–H and O–H groups in total. The average Bonchev–Trinajstić information content (AvgIpc) is 2.69. The predicted octanol–water partition coefficient (Wildman–Crippen LogP) is 4.41. The van der Waals surface area contributed by atoms with Gasteiger partial charge in [-0.2, -0.15) is 10.4 Å². The van der Waals surface area contributed by atoms with Crippen molar-refractivity contribution >= 4 is 37.8 Å². The zero-order chi connectivity index (χ0) is 19.2. The van der Waals surface area contributed by atoms with Gasteiger partial charge in [0.1, 0.15) is 10.7 Å². The van der Waals surface area contributed by atoms with Crippen LogP contribution >= 0.6 is 15.9 Å². The topological polar surface area (TPSA) is 68.5 Å². The lowest BCUT2D eigenvalue weighted by atomic mass is 10.0. The van der Waals surface area contributed by atoms with Crippen molar-refractivity contribution in [2.24, 2.45) is 5.10 Å². The summed E-state index contributed by atoms with van der Waals surface area (Å²) < 4.78 is 0.517. The van der Waals surface area contributed by atoms with E-state index in [4.69, 9.17) is 5.26 Å². The van der Waals surface area contributed by atoms with Crippen molar-refractivity contribution in [2.45, 2.75) is 19.8 Å². The van der Waals surface area contributed by atoms with E-state index >= 15 is 0 Å². The molecular weight excluding hydrogens is 404 g/mol. The first-order valence-corrected chi connectivity index (χ1v) is 9.49. The van der Waals surface area contributed by atoms with Crippen LogP contribution < -0.4 is 10.3 Å². The first-order chi connectivity index (χ1) is 13.1. The number of hydrogen-bond donors (Lipinski definition) is 1. The fraction of sp³-hybridized carbons (Fsp3) is 0.190. The SMILES string of the molecule is CCc1ccccc1CC(=O)Nc1ccc(N2CC=C(C#N)C(Br)=N2)cc1. The molecule has 2 aromatic rings. The second-order valence-corrected chi connectivity index (χ2v) is 6.85.